The number of benzene rings is 1. The molecule has 0 aromatic heterocycles. The Labute approximate surface area is 125 Å². The highest BCUT2D eigenvalue weighted by Gasteiger charge is 2.09. The molecule has 1 amide bonds. The number of amides is 1. The molecule has 2 N–H and O–H groups in total. The minimum absolute atomic E-state index is 0.00501. The second-order valence-electron chi connectivity index (χ2n) is 4.58. The maximum Gasteiger partial charge on any atom is 0.303 e. The third-order valence-electron chi connectivity index (χ3n) is 2.69. The minimum atomic E-state index is -0.910. The lowest BCUT2D eigenvalue weighted by molar-refractivity contribution is -0.137. The normalized spacial score (nSPS) is 12.0. The van der Waals surface area contributed by atoms with Gasteiger partial charge in [0.1, 0.15) is 0 Å². The largest absolute Gasteiger partial charge is 0.481 e. The maximum atomic E-state index is 13.0. The van der Waals surface area contributed by atoms with Crippen LogP contribution < -0.4 is 5.32 Å². The lowest BCUT2D eigenvalue weighted by Gasteiger charge is -2.12. The Morgan fingerprint density at radius 2 is 2.00 bits per heavy atom. The molecule has 1 unspecified atom stereocenters. The summed E-state index contributed by atoms with van der Waals surface area (Å²) in [5.41, 5.74) is 0. The van der Waals surface area contributed by atoms with Crippen LogP contribution in [-0.2, 0) is 9.59 Å². The van der Waals surface area contributed by atoms with E-state index in [0.717, 1.165) is 12.1 Å². The quantitative estimate of drug-likeness (QED) is 0.724. The van der Waals surface area contributed by atoms with Crippen molar-refractivity contribution in [2.24, 2.45) is 0 Å². The van der Waals surface area contributed by atoms with Gasteiger partial charge in [0, 0.05) is 29.5 Å². The molecule has 0 heterocycles. The molecule has 4 nitrogen and oxygen atoms in total. The average molecular weight is 317 g/mol. The van der Waals surface area contributed by atoms with Crippen molar-refractivity contribution >= 4 is 23.6 Å². The Balaban J connectivity index is 2.26. The highest BCUT2D eigenvalue weighted by molar-refractivity contribution is 7.99. The molecule has 7 heteroatoms. The van der Waals surface area contributed by atoms with Gasteiger partial charge < -0.3 is 10.4 Å². The smallest absolute Gasteiger partial charge is 0.303 e. The van der Waals surface area contributed by atoms with E-state index in [1.54, 1.807) is 6.92 Å². The maximum absolute atomic E-state index is 13.0. The molecule has 21 heavy (non-hydrogen) atoms. The molecule has 0 aliphatic rings. The van der Waals surface area contributed by atoms with Crippen molar-refractivity contribution in [1.29, 1.82) is 0 Å². The number of carboxylic acid groups (broad SMARTS) is 1. The van der Waals surface area contributed by atoms with Crippen LogP contribution in [0.15, 0.2) is 23.1 Å². The monoisotopic (exact) mass is 317 g/mol. The lowest BCUT2D eigenvalue weighted by Crippen LogP contribution is -2.33. The number of hydrogen-bond donors (Lipinski definition) is 2. The van der Waals surface area contributed by atoms with E-state index in [-0.39, 0.29) is 24.8 Å². The van der Waals surface area contributed by atoms with E-state index in [2.05, 4.69) is 5.32 Å². The molecule has 1 rings (SSSR count). The number of carbonyl (C=O) groups excluding carboxylic acids is 1. The van der Waals surface area contributed by atoms with E-state index in [1.807, 2.05) is 0 Å². The number of carbonyl (C=O) groups is 2. The van der Waals surface area contributed by atoms with Gasteiger partial charge in [-0.2, -0.15) is 0 Å². The summed E-state index contributed by atoms with van der Waals surface area (Å²) in [5, 5.41) is 11.2. The molecule has 0 aliphatic carbocycles. The Kier molecular flexibility index (Phi) is 7.14. The molecule has 0 fully saturated rings. The highest BCUT2D eigenvalue weighted by atomic mass is 32.2. The van der Waals surface area contributed by atoms with Gasteiger partial charge in [0.2, 0.25) is 5.91 Å². The number of hydrogen-bond acceptors (Lipinski definition) is 3. The minimum Gasteiger partial charge on any atom is -0.481 e. The van der Waals surface area contributed by atoms with Gasteiger partial charge in [-0.3, -0.25) is 9.59 Å². The summed E-state index contributed by atoms with van der Waals surface area (Å²) in [4.78, 5) is 22.6. The predicted octanol–water partition coefficient (Wildman–Crippen LogP) is 2.82. The van der Waals surface area contributed by atoms with Gasteiger partial charge in [-0.1, -0.05) is 0 Å². The Hall–Kier alpha value is -1.63. The number of halogens is 2. The van der Waals surface area contributed by atoms with Crippen LogP contribution in [0, 0.1) is 11.6 Å². The molecule has 0 saturated heterocycles. The molecule has 0 radical (unpaired) electrons. The third-order valence-corrected chi connectivity index (χ3v) is 3.68. The van der Waals surface area contributed by atoms with E-state index in [0.29, 0.717) is 17.1 Å². The van der Waals surface area contributed by atoms with Gasteiger partial charge in [0.25, 0.3) is 0 Å². The molecule has 0 aliphatic heterocycles. The predicted molar refractivity (Wildman–Crippen MR) is 76.2 cm³/mol. The van der Waals surface area contributed by atoms with Crippen LogP contribution in [0.3, 0.4) is 0 Å². The second kappa shape index (κ2) is 8.61. The van der Waals surface area contributed by atoms with Crippen LogP contribution in [0.5, 0.6) is 0 Å². The summed E-state index contributed by atoms with van der Waals surface area (Å²) >= 11 is 1.26. The number of thioether (sulfide) groups is 1. The number of aliphatic carboxylic acids is 1. The topological polar surface area (TPSA) is 66.4 Å². The molecule has 1 atom stereocenters. The van der Waals surface area contributed by atoms with E-state index >= 15 is 0 Å². The summed E-state index contributed by atoms with van der Waals surface area (Å²) < 4.78 is 25.7. The summed E-state index contributed by atoms with van der Waals surface area (Å²) in [6.45, 7) is 1.74. The van der Waals surface area contributed by atoms with Gasteiger partial charge in [-0.25, -0.2) is 8.78 Å². The second-order valence-corrected chi connectivity index (χ2v) is 5.74. The van der Waals surface area contributed by atoms with Crippen LogP contribution in [-0.4, -0.2) is 28.8 Å². The van der Waals surface area contributed by atoms with Crippen molar-refractivity contribution in [3.63, 3.8) is 0 Å². The summed E-state index contributed by atoms with van der Waals surface area (Å²) in [6.07, 6.45) is 0.601. The zero-order chi connectivity index (χ0) is 15.8. The van der Waals surface area contributed by atoms with Gasteiger partial charge in [0.15, 0.2) is 11.6 Å². The number of nitrogens with one attached hydrogen (secondary N) is 1. The molecule has 0 bridgehead atoms. The molecular formula is C14H17F2NO3S. The van der Waals surface area contributed by atoms with Crippen molar-refractivity contribution in [3.05, 3.63) is 29.8 Å². The molecule has 116 valence electrons. The van der Waals surface area contributed by atoms with E-state index in [4.69, 9.17) is 5.11 Å². The van der Waals surface area contributed by atoms with Crippen molar-refractivity contribution in [2.75, 3.05) is 5.75 Å². The summed E-state index contributed by atoms with van der Waals surface area (Å²) in [7, 11) is 0. The molecular weight excluding hydrogens is 300 g/mol. The van der Waals surface area contributed by atoms with Crippen LogP contribution >= 0.6 is 11.8 Å². The van der Waals surface area contributed by atoms with E-state index in [1.165, 1.54) is 17.8 Å². The fourth-order valence-corrected chi connectivity index (χ4v) is 2.46. The van der Waals surface area contributed by atoms with Crippen LogP contribution in [0.25, 0.3) is 0 Å². The van der Waals surface area contributed by atoms with E-state index in [9.17, 15) is 18.4 Å². The van der Waals surface area contributed by atoms with Gasteiger partial charge in [-0.15, -0.1) is 11.8 Å². The Bertz CT molecular complexity index is 511. The lowest BCUT2D eigenvalue weighted by atomic mass is 10.2. The Morgan fingerprint density at radius 3 is 2.62 bits per heavy atom. The van der Waals surface area contributed by atoms with Crippen molar-refractivity contribution in [2.45, 2.75) is 37.1 Å². The first-order chi connectivity index (χ1) is 9.88. The first kappa shape index (κ1) is 17.4. The van der Waals surface area contributed by atoms with Crippen molar-refractivity contribution < 1.29 is 23.5 Å². The summed E-state index contributed by atoms with van der Waals surface area (Å²) in [5.74, 6) is -2.47. The molecule has 1 aromatic carbocycles. The molecule has 0 spiro atoms. The summed E-state index contributed by atoms with van der Waals surface area (Å²) in [6, 6.07) is 3.39. The zero-order valence-electron chi connectivity index (χ0n) is 11.6. The third kappa shape index (κ3) is 7.08. The first-order valence-electron chi connectivity index (χ1n) is 6.47. The number of rotatable bonds is 8. The first-order valence-corrected chi connectivity index (χ1v) is 7.46. The van der Waals surface area contributed by atoms with Gasteiger partial charge in [0.05, 0.1) is 0 Å². The molecule has 0 saturated carbocycles. The SMILES string of the molecule is CC(CCC(=O)O)NC(=O)CCSc1ccc(F)c(F)c1. The van der Waals surface area contributed by atoms with Gasteiger partial charge >= 0.3 is 5.97 Å². The van der Waals surface area contributed by atoms with Gasteiger partial charge in [-0.05, 0) is 31.5 Å². The van der Waals surface area contributed by atoms with Crippen LogP contribution in [0.4, 0.5) is 8.78 Å². The van der Waals surface area contributed by atoms with Crippen LogP contribution in [0.2, 0.25) is 0 Å². The zero-order valence-corrected chi connectivity index (χ0v) is 12.4. The van der Waals surface area contributed by atoms with Crippen LogP contribution in [0.1, 0.15) is 26.2 Å². The van der Waals surface area contributed by atoms with Crippen molar-refractivity contribution in [1.82, 2.24) is 5.32 Å². The Morgan fingerprint density at radius 1 is 1.29 bits per heavy atom. The average Bonchev–Trinajstić information content (AvgIpc) is 2.40. The fourth-order valence-electron chi connectivity index (χ4n) is 1.59. The van der Waals surface area contributed by atoms with Crippen molar-refractivity contribution in [3.8, 4) is 0 Å². The fraction of sp³-hybridized carbons (Fsp3) is 0.429. The molecule has 1 aromatic rings. The van der Waals surface area contributed by atoms with E-state index < -0.39 is 17.6 Å². The highest BCUT2D eigenvalue weighted by Crippen LogP contribution is 2.20. The number of carboxylic acids is 1. The standard InChI is InChI=1S/C14H17F2NO3S/c1-9(2-5-14(19)20)17-13(18)6-7-21-10-3-4-11(15)12(16)8-10/h3-4,8-9H,2,5-7H2,1H3,(H,17,18)(H,19,20).